The summed E-state index contributed by atoms with van der Waals surface area (Å²) >= 11 is 0. The number of benzene rings is 1. The number of hydrogen-bond acceptors (Lipinski definition) is 6. The lowest BCUT2D eigenvalue weighted by atomic mass is 9.91. The van der Waals surface area contributed by atoms with Gasteiger partial charge in [-0.05, 0) is 50.5 Å². The van der Waals surface area contributed by atoms with Crippen molar-refractivity contribution >= 4 is 17.2 Å². The van der Waals surface area contributed by atoms with Crippen molar-refractivity contribution in [1.82, 2.24) is 15.0 Å². The maximum absolute atomic E-state index is 14.7. The topological polar surface area (TPSA) is 86.3 Å². The number of fused-ring (bicyclic) bond motifs is 1. The van der Waals surface area contributed by atoms with Crippen molar-refractivity contribution in [1.29, 1.82) is 0 Å². The lowest BCUT2D eigenvalue weighted by molar-refractivity contribution is 0.0314. The maximum Gasteiger partial charge on any atom is 0.163 e. The second-order valence-electron chi connectivity index (χ2n) is 7.95. The summed E-state index contributed by atoms with van der Waals surface area (Å²) in [6.07, 6.45) is 4.26. The highest BCUT2D eigenvalue weighted by Crippen LogP contribution is 2.35. The third-order valence-corrected chi connectivity index (χ3v) is 5.83. The molecule has 166 valence electrons. The Hall–Kier alpha value is -3.26. The standard InChI is InChI=1S/C24H25F2N5O/c1-13-8-19-22(18-5-4-17(25)10-20(18)26)30-23(31-24(19)29-14(13)2)15-6-7-32-21(9-15)16(11-27)12-28-3/h4-5,8,10-12,15,21H,6-7,9,27H2,1-3H3/b16-11+,28-12?/t15-,21+/m0/s1. The Kier molecular flexibility index (Phi) is 6.23. The summed E-state index contributed by atoms with van der Waals surface area (Å²) in [6.45, 7) is 4.34. The lowest BCUT2D eigenvalue weighted by Crippen LogP contribution is -2.28. The zero-order valence-corrected chi connectivity index (χ0v) is 18.3. The van der Waals surface area contributed by atoms with E-state index in [1.807, 2.05) is 19.9 Å². The van der Waals surface area contributed by atoms with Gasteiger partial charge < -0.3 is 10.5 Å². The van der Waals surface area contributed by atoms with Gasteiger partial charge in [0.25, 0.3) is 0 Å². The first kappa shape index (κ1) is 22.0. The van der Waals surface area contributed by atoms with Crippen LogP contribution in [0.1, 0.15) is 35.8 Å². The Morgan fingerprint density at radius 1 is 1.19 bits per heavy atom. The molecule has 2 atom stereocenters. The van der Waals surface area contributed by atoms with Crippen molar-refractivity contribution in [2.45, 2.75) is 38.7 Å². The number of aromatic nitrogens is 3. The van der Waals surface area contributed by atoms with E-state index in [1.54, 1.807) is 13.3 Å². The average Bonchev–Trinajstić information content (AvgIpc) is 2.78. The predicted molar refractivity (Wildman–Crippen MR) is 121 cm³/mol. The van der Waals surface area contributed by atoms with Gasteiger partial charge in [0.2, 0.25) is 0 Å². The van der Waals surface area contributed by atoms with Crippen LogP contribution in [0.5, 0.6) is 0 Å². The molecular formula is C24H25F2N5O. The first-order valence-electron chi connectivity index (χ1n) is 10.5. The number of ether oxygens (including phenoxy) is 1. The van der Waals surface area contributed by atoms with Gasteiger partial charge in [0.1, 0.15) is 17.5 Å². The Labute approximate surface area is 185 Å². The molecule has 1 aliphatic rings. The predicted octanol–water partition coefficient (Wildman–Crippen LogP) is 4.39. The minimum atomic E-state index is -0.674. The Morgan fingerprint density at radius 3 is 2.72 bits per heavy atom. The molecule has 1 aliphatic heterocycles. The van der Waals surface area contributed by atoms with E-state index in [0.29, 0.717) is 42.0 Å². The first-order chi connectivity index (χ1) is 15.4. The van der Waals surface area contributed by atoms with Crippen LogP contribution >= 0.6 is 0 Å². The van der Waals surface area contributed by atoms with Crippen LogP contribution in [0.3, 0.4) is 0 Å². The number of halogens is 2. The van der Waals surface area contributed by atoms with Crippen LogP contribution in [0.15, 0.2) is 41.0 Å². The number of aryl methyl sites for hydroxylation is 2. The zero-order chi connectivity index (χ0) is 22.8. The quantitative estimate of drug-likeness (QED) is 0.612. The Balaban J connectivity index is 1.84. The van der Waals surface area contributed by atoms with Crippen LogP contribution in [0.4, 0.5) is 8.78 Å². The van der Waals surface area contributed by atoms with Gasteiger partial charge in [0.05, 0.1) is 11.8 Å². The van der Waals surface area contributed by atoms with E-state index in [9.17, 15) is 8.78 Å². The molecule has 0 saturated carbocycles. The molecule has 2 aromatic heterocycles. The number of nitrogens with two attached hydrogens (primary N) is 1. The number of pyridine rings is 1. The van der Waals surface area contributed by atoms with E-state index in [4.69, 9.17) is 20.4 Å². The molecule has 0 aliphatic carbocycles. The Bertz CT molecular complexity index is 1220. The molecule has 0 unspecified atom stereocenters. The molecule has 1 saturated heterocycles. The highest BCUT2D eigenvalue weighted by atomic mass is 19.1. The fourth-order valence-corrected chi connectivity index (χ4v) is 3.98. The maximum atomic E-state index is 14.7. The van der Waals surface area contributed by atoms with Crippen LogP contribution in [0, 0.1) is 25.5 Å². The van der Waals surface area contributed by atoms with Gasteiger partial charge in [0, 0.05) is 60.3 Å². The number of aliphatic imine (C=N–C) groups is 1. The minimum absolute atomic E-state index is 0.0379. The summed E-state index contributed by atoms with van der Waals surface area (Å²) in [5.41, 5.74) is 9.44. The van der Waals surface area contributed by atoms with Crippen molar-refractivity contribution in [3.05, 3.63) is 64.8 Å². The van der Waals surface area contributed by atoms with E-state index in [0.717, 1.165) is 22.9 Å². The van der Waals surface area contributed by atoms with Crippen LogP contribution in [0.25, 0.3) is 22.3 Å². The molecule has 2 N–H and O–H groups in total. The highest BCUT2D eigenvalue weighted by molar-refractivity contribution is 5.91. The second kappa shape index (κ2) is 9.08. The smallest absolute Gasteiger partial charge is 0.163 e. The fraction of sp³-hybridized carbons (Fsp3) is 0.333. The molecule has 32 heavy (non-hydrogen) atoms. The van der Waals surface area contributed by atoms with E-state index < -0.39 is 11.6 Å². The van der Waals surface area contributed by atoms with Crippen molar-refractivity contribution in [3.8, 4) is 11.3 Å². The molecule has 1 aromatic carbocycles. The number of hydrogen-bond donors (Lipinski definition) is 1. The van der Waals surface area contributed by atoms with Gasteiger partial charge in [-0.25, -0.2) is 23.7 Å². The molecule has 8 heteroatoms. The molecule has 1 fully saturated rings. The van der Waals surface area contributed by atoms with Crippen LogP contribution in [0.2, 0.25) is 0 Å². The van der Waals surface area contributed by atoms with Gasteiger partial charge in [-0.3, -0.25) is 4.99 Å². The van der Waals surface area contributed by atoms with E-state index >= 15 is 0 Å². The van der Waals surface area contributed by atoms with Crippen LogP contribution in [-0.2, 0) is 4.74 Å². The second-order valence-corrected chi connectivity index (χ2v) is 7.95. The third kappa shape index (κ3) is 4.23. The normalized spacial score (nSPS) is 19.7. The van der Waals surface area contributed by atoms with E-state index in [2.05, 4.69) is 9.98 Å². The van der Waals surface area contributed by atoms with Gasteiger partial charge in [-0.2, -0.15) is 0 Å². The monoisotopic (exact) mass is 437 g/mol. The van der Waals surface area contributed by atoms with Crippen LogP contribution < -0.4 is 5.73 Å². The fourth-order valence-electron chi connectivity index (χ4n) is 3.98. The minimum Gasteiger partial charge on any atom is -0.404 e. The Morgan fingerprint density at radius 2 is 2.00 bits per heavy atom. The van der Waals surface area contributed by atoms with Crippen molar-refractivity contribution in [2.24, 2.45) is 10.7 Å². The number of nitrogens with zero attached hydrogens (tertiary/aromatic N) is 4. The zero-order valence-electron chi connectivity index (χ0n) is 18.3. The molecule has 0 bridgehead atoms. The van der Waals surface area contributed by atoms with Gasteiger partial charge in [0.15, 0.2) is 5.65 Å². The van der Waals surface area contributed by atoms with E-state index in [-0.39, 0.29) is 17.6 Å². The van der Waals surface area contributed by atoms with Crippen molar-refractivity contribution in [2.75, 3.05) is 13.7 Å². The van der Waals surface area contributed by atoms with E-state index in [1.165, 1.54) is 18.3 Å². The lowest BCUT2D eigenvalue weighted by Gasteiger charge is -2.29. The molecule has 3 aromatic rings. The van der Waals surface area contributed by atoms with Crippen LogP contribution in [-0.4, -0.2) is 40.9 Å². The SMILES string of the molecule is CN=C/C(=C\N)[C@H]1C[C@@H](c2nc(-c3ccc(F)cc3F)c3cc(C)c(C)nc3n2)CCO1. The molecule has 4 rings (SSSR count). The molecule has 0 amide bonds. The van der Waals surface area contributed by atoms with Gasteiger partial charge in [-0.1, -0.05) is 0 Å². The highest BCUT2D eigenvalue weighted by Gasteiger charge is 2.29. The molecular weight excluding hydrogens is 412 g/mol. The molecule has 3 heterocycles. The average molecular weight is 437 g/mol. The summed E-state index contributed by atoms with van der Waals surface area (Å²) in [5, 5.41) is 0.631. The summed E-state index contributed by atoms with van der Waals surface area (Å²) in [7, 11) is 1.68. The number of rotatable bonds is 4. The summed E-state index contributed by atoms with van der Waals surface area (Å²) < 4.78 is 34.2. The van der Waals surface area contributed by atoms with Crippen molar-refractivity contribution in [3.63, 3.8) is 0 Å². The summed E-state index contributed by atoms with van der Waals surface area (Å²) in [6, 6.07) is 5.40. The summed E-state index contributed by atoms with van der Waals surface area (Å²) in [4.78, 5) is 18.2. The van der Waals surface area contributed by atoms with Gasteiger partial charge >= 0.3 is 0 Å². The third-order valence-electron chi connectivity index (χ3n) is 5.83. The summed E-state index contributed by atoms with van der Waals surface area (Å²) in [5.74, 6) is -0.790. The first-order valence-corrected chi connectivity index (χ1v) is 10.5. The molecule has 0 radical (unpaired) electrons. The molecule has 6 nitrogen and oxygen atoms in total. The largest absolute Gasteiger partial charge is 0.404 e. The van der Waals surface area contributed by atoms with Crippen molar-refractivity contribution < 1.29 is 13.5 Å². The molecule has 0 spiro atoms. The van der Waals surface area contributed by atoms with Gasteiger partial charge in [-0.15, -0.1) is 0 Å².